The zero-order valence-corrected chi connectivity index (χ0v) is 11.1. The first-order valence-electron chi connectivity index (χ1n) is 5.65. The maximum absolute atomic E-state index is 5.67. The largest absolute Gasteiger partial charge is 0.492 e. The van der Waals surface area contributed by atoms with E-state index in [1.165, 1.54) is 0 Å². The number of alkyl halides is 1. The lowest BCUT2D eigenvalue weighted by atomic mass is 9.86. The highest BCUT2D eigenvalue weighted by Gasteiger charge is 2.24. The minimum Gasteiger partial charge on any atom is -0.492 e. The zero-order chi connectivity index (χ0) is 12.5. The first-order chi connectivity index (χ1) is 8.02. The number of hydrogen-bond donors (Lipinski definition) is 0. The molecule has 0 bridgehead atoms. The van der Waals surface area contributed by atoms with Crippen molar-refractivity contribution in [3.63, 3.8) is 0 Å². The molecule has 0 saturated carbocycles. The molecule has 0 saturated heterocycles. The number of halogens is 1. The van der Waals surface area contributed by atoms with Crippen molar-refractivity contribution in [1.29, 1.82) is 0 Å². The van der Waals surface area contributed by atoms with Crippen LogP contribution < -0.4 is 14.2 Å². The number of fused-ring (bicyclic) bond motifs is 1. The molecule has 17 heavy (non-hydrogen) atoms. The van der Waals surface area contributed by atoms with Gasteiger partial charge in [0.25, 0.3) is 0 Å². The summed E-state index contributed by atoms with van der Waals surface area (Å²) in [5.74, 6) is 2.82. The molecule has 1 aliphatic rings. The van der Waals surface area contributed by atoms with Crippen molar-refractivity contribution in [2.45, 2.75) is 26.2 Å². The highest BCUT2D eigenvalue weighted by Crippen LogP contribution is 2.42. The van der Waals surface area contributed by atoms with Crippen LogP contribution in [0.2, 0.25) is 0 Å². The van der Waals surface area contributed by atoms with Crippen molar-refractivity contribution in [3.8, 4) is 17.2 Å². The van der Waals surface area contributed by atoms with Crippen molar-refractivity contribution in [2.24, 2.45) is 0 Å². The van der Waals surface area contributed by atoms with Crippen molar-refractivity contribution in [3.05, 3.63) is 17.7 Å². The van der Waals surface area contributed by atoms with Crippen LogP contribution >= 0.6 is 11.6 Å². The van der Waals surface area contributed by atoms with Gasteiger partial charge in [0, 0.05) is 11.6 Å². The monoisotopic (exact) mass is 256 g/mol. The lowest BCUT2D eigenvalue weighted by Crippen LogP contribution is -2.14. The molecule has 1 heterocycles. The minimum absolute atomic E-state index is 0.0113. The topological polar surface area (TPSA) is 27.7 Å². The summed E-state index contributed by atoms with van der Waals surface area (Å²) in [7, 11) is 0. The molecule has 0 radical (unpaired) electrons. The van der Waals surface area contributed by atoms with Gasteiger partial charge in [-0.3, -0.25) is 0 Å². The standard InChI is InChI=1S/C13H17ClO3/c1-13(2,3)9-6-11-12(17-8-16-11)7-10(9)15-5-4-14/h6-7H,4-5,8H2,1-3H3. The predicted molar refractivity (Wildman–Crippen MR) is 67.5 cm³/mol. The second-order valence-corrected chi connectivity index (χ2v) is 5.37. The molecule has 4 heteroatoms. The van der Waals surface area contributed by atoms with E-state index in [4.69, 9.17) is 25.8 Å². The normalized spacial score (nSPS) is 13.9. The maximum Gasteiger partial charge on any atom is 0.231 e. The summed E-state index contributed by atoms with van der Waals surface area (Å²) in [6, 6.07) is 3.88. The third-order valence-electron chi connectivity index (χ3n) is 2.62. The lowest BCUT2D eigenvalue weighted by molar-refractivity contribution is 0.173. The van der Waals surface area contributed by atoms with E-state index in [1.807, 2.05) is 12.1 Å². The average molecular weight is 257 g/mol. The predicted octanol–water partition coefficient (Wildman–Crippen LogP) is 3.33. The fourth-order valence-corrected chi connectivity index (χ4v) is 1.85. The SMILES string of the molecule is CC(C)(C)c1cc2c(cc1OCCCl)OCO2. The van der Waals surface area contributed by atoms with Crippen LogP contribution in [0.3, 0.4) is 0 Å². The quantitative estimate of drug-likeness (QED) is 0.777. The minimum atomic E-state index is -0.0113. The van der Waals surface area contributed by atoms with Gasteiger partial charge in [0.15, 0.2) is 11.5 Å². The number of ether oxygens (including phenoxy) is 3. The molecule has 0 spiro atoms. The molecule has 94 valence electrons. The Morgan fingerprint density at radius 2 is 1.88 bits per heavy atom. The van der Waals surface area contributed by atoms with Crippen molar-refractivity contribution >= 4 is 11.6 Å². The third kappa shape index (κ3) is 2.60. The lowest BCUT2D eigenvalue weighted by Gasteiger charge is -2.23. The van der Waals surface area contributed by atoms with Gasteiger partial charge in [0.1, 0.15) is 12.4 Å². The summed E-state index contributed by atoms with van der Waals surface area (Å²) in [5.41, 5.74) is 1.09. The first-order valence-corrected chi connectivity index (χ1v) is 6.18. The molecule has 0 N–H and O–H groups in total. The van der Waals surface area contributed by atoms with Crippen molar-refractivity contribution in [1.82, 2.24) is 0 Å². The molecule has 2 rings (SSSR count). The van der Waals surface area contributed by atoms with Crippen molar-refractivity contribution < 1.29 is 14.2 Å². The maximum atomic E-state index is 5.67. The Balaban J connectivity index is 2.40. The molecule has 0 fully saturated rings. The van der Waals surface area contributed by atoms with E-state index in [9.17, 15) is 0 Å². The summed E-state index contributed by atoms with van der Waals surface area (Å²) in [5, 5.41) is 0. The van der Waals surface area contributed by atoms with Crippen LogP contribution in [0.5, 0.6) is 17.2 Å². The second-order valence-electron chi connectivity index (χ2n) is 4.99. The number of rotatable bonds is 3. The summed E-state index contributed by atoms with van der Waals surface area (Å²) < 4.78 is 16.4. The molecular formula is C13H17ClO3. The fourth-order valence-electron chi connectivity index (χ4n) is 1.78. The van der Waals surface area contributed by atoms with Gasteiger partial charge < -0.3 is 14.2 Å². The zero-order valence-electron chi connectivity index (χ0n) is 10.4. The van der Waals surface area contributed by atoms with Gasteiger partial charge in [0.2, 0.25) is 6.79 Å². The van der Waals surface area contributed by atoms with Crippen LogP contribution in [0.15, 0.2) is 12.1 Å². The highest BCUT2D eigenvalue weighted by molar-refractivity contribution is 6.18. The molecule has 0 atom stereocenters. The fraction of sp³-hybridized carbons (Fsp3) is 0.538. The first kappa shape index (κ1) is 12.4. The number of hydrogen-bond acceptors (Lipinski definition) is 3. The molecule has 3 nitrogen and oxygen atoms in total. The van der Waals surface area contributed by atoms with E-state index < -0.39 is 0 Å². The Hall–Kier alpha value is -1.09. The van der Waals surface area contributed by atoms with E-state index in [0.717, 1.165) is 22.8 Å². The van der Waals surface area contributed by atoms with Crippen LogP contribution in [-0.2, 0) is 5.41 Å². The number of benzene rings is 1. The second kappa shape index (κ2) is 4.65. The Morgan fingerprint density at radius 1 is 1.24 bits per heavy atom. The Kier molecular flexibility index (Phi) is 3.38. The Morgan fingerprint density at radius 3 is 2.47 bits per heavy atom. The molecule has 0 aliphatic carbocycles. The molecule has 1 aromatic carbocycles. The van der Waals surface area contributed by atoms with Gasteiger partial charge in [-0.2, -0.15) is 0 Å². The molecule has 0 amide bonds. The van der Waals surface area contributed by atoms with Gasteiger partial charge in [-0.05, 0) is 11.5 Å². The molecule has 0 unspecified atom stereocenters. The van der Waals surface area contributed by atoms with E-state index in [1.54, 1.807) is 0 Å². The van der Waals surface area contributed by atoms with E-state index in [-0.39, 0.29) is 12.2 Å². The van der Waals surface area contributed by atoms with Gasteiger partial charge in [-0.25, -0.2) is 0 Å². The van der Waals surface area contributed by atoms with Crippen LogP contribution in [0.25, 0.3) is 0 Å². The molecular weight excluding hydrogens is 240 g/mol. The summed E-state index contributed by atoms with van der Waals surface area (Å²) in [6.45, 7) is 7.18. The van der Waals surface area contributed by atoms with Crippen LogP contribution in [0, 0.1) is 0 Å². The van der Waals surface area contributed by atoms with Crippen LogP contribution in [0.4, 0.5) is 0 Å². The van der Waals surface area contributed by atoms with Gasteiger partial charge >= 0.3 is 0 Å². The van der Waals surface area contributed by atoms with Crippen molar-refractivity contribution in [2.75, 3.05) is 19.3 Å². The Bertz CT molecular complexity index is 410. The molecule has 1 aliphatic heterocycles. The summed E-state index contributed by atoms with van der Waals surface area (Å²) >= 11 is 5.65. The third-order valence-corrected chi connectivity index (χ3v) is 2.77. The van der Waals surface area contributed by atoms with Crippen LogP contribution in [-0.4, -0.2) is 19.3 Å². The van der Waals surface area contributed by atoms with Gasteiger partial charge in [-0.1, -0.05) is 20.8 Å². The Labute approximate surface area is 107 Å². The van der Waals surface area contributed by atoms with Gasteiger partial charge in [0.05, 0.1) is 5.88 Å². The average Bonchev–Trinajstić information content (AvgIpc) is 2.70. The van der Waals surface area contributed by atoms with Gasteiger partial charge in [-0.15, -0.1) is 11.6 Å². The van der Waals surface area contributed by atoms with E-state index >= 15 is 0 Å². The highest BCUT2D eigenvalue weighted by atomic mass is 35.5. The summed E-state index contributed by atoms with van der Waals surface area (Å²) in [4.78, 5) is 0. The smallest absolute Gasteiger partial charge is 0.231 e. The van der Waals surface area contributed by atoms with Crippen LogP contribution in [0.1, 0.15) is 26.3 Å². The summed E-state index contributed by atoms with van der Waals surface area (Å²) in [6.07, 6.45) is 0. The van der Waals surface area contributed by atoms with E-state index in [0.29, 0.717) is 12.5 Å². The van der Waals surface area contributed by atoms with E-state index in [2.05, 4.69) is 20.8 Å². The molecule has 1 aromatic rings. The molecule has 0 aromatic heterocycles.